The van der Waals surface area contributed by atoms with E-state index in [0.717, 1.165) is 17.1 Å². The van der Waals surface area contributed by atoms with Gasteiger partial charge < -0.3 is 14.8 Å². The van der Waals surface area contributed by atoms with E-state index in [1.54, 1.807) is 36.4 Å². The summed E-state index contributed by atoms with van der Waals surface area (Å²) >= 11 is 0. The van der Waals surface area contributed by atoms with E-state index < -0.39 is 10.0 Å². The SMILES string of the molecule is O=C(CN(c1ccc2c(c1)OCCO2)S(=O)(=O)c1ccccc1)N[C@H]1C[C@@H]2CC[C@@H]1C2. The molecule has 3 atom stereocenters. The van der Waals surface area contributed by atoms with Crippen molar-refractivity contribution < 1.29 is 22.7 Å². The van der Waals surface area contributed by atoms with Gasteiger partial charge in [0.15, 0.2) is 11.5 Å². The summed E-state index contributed by atoms with van der Waals surface area (Å²) in [6.45, 7) is 0.557. The monoisotopic (exact) mass is 442 g/mol. The molecule has 31 heavy (non-hydrogen) atoms. The van der Waals surface area contributed by atoms with Gasteiger partial charge in [0.25, 0.3) is 10.0 Å². The molecule has 8 heteroatoms. The number of nitrogens with zero attached hydrogens (tertiary/aromatic N) is 1. The van der Waals surface area contributed by atoms with Crippen LogP contribution in [0.4, 0.5) is 5.69 Å². The van der Waals surface area contributed by atoms with Crippen LogP contribution in [0.15, 0.2) is 53.4 Å². The molecule has 2 bridgehead atoms. The first-order chi connectivity index (χ1) is 15.0. The fourth-order valence-corrected chi connectivity index (χ4v) is 6.46. The van der Waals surface area contributed by atoms with Crippen LogP contribution in [0.3, 0.4) is 0 Å². The maximum atomic E-state index is 13.5. The van der Waals surface area contributed by atoms with Gasteiger partial charge in [0.2, 0.25) is 5.91 Å². The Morgan fingerprint density at radius 3 is 2.48 bits per heavy atom. The second kappa shape index (κ2) is 8.07. The number of ether oxygens (including phenoxy) is 2. The molecule has 0 saturated heterocycles. The average molecular weight is 443 g/mol. The van der Waals surface area contributed by atoms with Crippen molar-refractivity contribution in [1.82, 2.24) is 5.32 Å². The predicted octanol–water partition coefficient (Wildman–Crippen LogP) is 2.96. The van der Waals surface area contributed by atoms with Crippen molar-refractivity contribution in [2.75, 3.05) is 24.1 Å². The molecule has 2 aromatic rings. The molecule has 0 spiro atoms. The summed E-state index contributed by atoms with van der Waals surface area (Å²) in [6, 6.07) is 13.3. The Bertz CT molecular complexity index is 1070. The molecule has 3 aliphatic rings. The molecule has 1 aliphatic heterocycles. The smallest absolute Gasteiger partial charge is 0.264 e. The summed E-state index contributed by atoms with van der Waals surface area (Å²) in [5.74, 6) is 1.97. The van der Waals surface area contributed by atoms with Gasteiger partial charge in [0.1, 0.15) is 19.8 Å². The number of benzene rings is 2. The number of fused-ring (bicyclic) bond motifs is 3. The summed E-state index contributed by atoms with van der Waals surface area (Å²) in [5.41, 5.74) is 0.371. The molecule has 2 aromatic carbocycles. The minimum atomic E-state index is -3.94. The van der Waals surface area contributed by atoms with Crippen molar-refractivity contribution in [3.8, 4) is 11.5 Å². The van der Waals surface area contributed by atoms with Gasteiger partial charge in [0, 0.05) is 12.1 Å². The standard InChI is InChI=1S/C23H26N2O5S/c26-23(24-20-13-16-6-7-17(20)12-16)15-25(31(27,28)19-4-2-1-3-5-19)18-8-9-21-22(14-18)30-11-10-29-21/h1-5,8-9,14,16-17,20H,6-7,10-13,15H2,(H,24,26)/t16-,17-,20+/m1/s1. The minimum absolute atomic E-state index is 0.137. The molecular weight excluding hydrogens is 416 g/mol. The molecule has 0 unspecified atom stereocenters. The highest BCUT2D eigenvalue weighted by Gasteiger charge is 2.40. The lowest BCUT2D eigenvalue weighted by Gasteiger charge is -2.28. The summed E-state index contributed by atoms with van der Waals surface area (Å²) in [5, 5.41) is 3.10. The molecule has 0 radical (unpaired) electrons. The fourth-order valence-electron chi connectivity index (χ4n) is 5.03. The third kappa shape index (κ3) is 3.96. The summed E-state index contributed by atoms with van der Waals surface area (Å²) in [4.78, 5) is 13.1. The highest BCUT2D eigenvalue weighted by atomic mass is 32.2. The van der Waals surface area contributed by atoms with Gasteiger partial charge in [-0.1, -0.05) is 24.6 Å². The zero-order valence-corrected chi connectivity index (χ0v) is 18.0. The number of hydrogen-bond acceptors (Lipinski definition) is 5. The number of amides is 1. The molecule has 1 amide bonds. The van der Waals surface area contributed by atoms with Crippen LogP contribution in [0, 0.1) is 11.8 Å². The van der Waals surface area contributed by atoms with Crippen LogP contribution >= 0.6 is 0 Å². The second-order valence-corrected chi connectivity index (χ2v) is 10.4. The van der Waals surface area contributed by atoms with E-state index in [0.29, 0.717) is 42.2 Å². The third-order valence-corrected chi connectivity index (χ3v) is 8.30. The first-order valence-corrected chi connectivity index (χ1v) is 12.2. The lowest BCUT2D eigenvalue weighted by atomic mass is 9.95. The van der Waals surface area contributed by atoms with Crippen LogP contribution in [0.25, 0.3) is 0 Å². The number of nitrogens with one attached hydrogen (secondary N) is 1. The number of rotatable bonds is 6. The van der Waals surface area contributed by atoms with Gasteiger partial charge in [-0.05, 0) is 55.4 Å². The molecule has 2 aliphatic carbocycles. The predicted molar refractivity (Wildman–Crippen MR) is 116 cm³/mol. The zero-order chi connectivity index (χ0) is 21.4. The summed E-state index contributed by atoms with van der Waals surface area (Å²) in [6.07, 6.45) is 4.54. The number of anilines is 1. The van der Waals surface area contributed by atoms with Crippen molar-refractivity contribution in [2.45, 2.75) is 36.6 Å². The van der Waals surface area contributed by atoms with E-state index in [1.807, 2.05) is 0 Å². The number of hydrogen-bond donors (Lipinski definition) is 1. The molecular formula is C23H26N2O5S. The number of carbonyl (C=O) groups excluding carboxylic acids is 1. The van der Waals surface area contributed by atoms with Crippen molar-refractivity contribution in [3.05, 3.63) is 48.5 Å². The quantitative estimate of drug-likeness (QED) is 0.744. The van der Waals surface area contributed by atoms with Crippen molar-refractivity contribution in [1.29, 1.82) is 0 Å². The fraction of sp³-hybridized carbons (Fsp3) is 0.435. The summed E-state index contributed by atoms with van der Waals surface area (Å²) < 4.78 is 39.3. The van der Waals surface area contributed by atoms with E-state index in [2.05, 4.69) is 5.32 Å². The van der Waals surface area contributed by atoms with E-state index in [4.69, 9.17) is 9.47 Å². The van der Waals surface area contributed by atoms with Crippen LogP contribution in [0.5, 0.6) is 11.5 Å². The highest BCUT2D eigenvalue weighted by molar-refractivity contribution is 7.92. The summed E-state index contributed by atoms with van der Waals surface area (Å²) in [7, 11) is -3.94. The van der Waals surface area contributed by atoms with E-state index >= 15 is 0 Å². The van der Waals surface area contributed by atoms with Gasteiger partial charge in [0.05, 0.1) is 10.6 Å². The lowest BCUT2D eigenvalue weighted by Crippen LogP contribution is -2.46. The molecule has 7 nitrogen and oxygen atoms in total. The van der Waals surface area contributed by atoms with Gasteiger partial charge in [-0.15, -0.1) is 0 Å². The van der Waals surface area contributed by atoms with E-state index in [1.165, 1.54) is 25.0 Å². The molecule has 0 aromatic heterocycles. The molecule has 164 valence electrons. The van der Waals surface area contributed by atoms with Crippen molar-refractivity contribution in [2.24, 2.45) is 11.8 Å². The Labute approximate surface area is 182 Å². The first kappa shape index (κ1) is 20.2. The van der Waals surface area contributed by atoms with Crippen LogP contribution in [0.2, 0.25) is 0 Å². The highest BCUT2D eigenvalue weighted by Crippen LogP contribution is 2.44. The van der Waals surface area contributed by atoms with E-state index in [9.17, 15) is 13.2 Å². The van der Waals surface area contributed by atoms with Gasteiger partial charge in [-0.25, -0.2) is 8.42 Å². The normalized spacial score (nSPS) is 24.1. The number of carbonyl (C=O) groups is 1. The molecule has 2 saturated carbocycles. The van der Waals surface area contributed by atoms with Gasteiger partial charge in [-0.2, -0.15) is 0 Å². The van der Waals surface area contributed by atoms with Gasteiger partial charge >= 0.3 is 0 Å². The second-order valence-electron chi connectivity index (χ2n) is 8.50. The van der Waals surface area contributed by atoms with Crippen LogP contribution in [-0.4, -0.2) is 40.1 Å². The topological polar surface area (TPSA) is 84.9 Å². The van der Waals surface area contributed by atoms with Crippen molar-refractivity contribution >= 4 is 21.6 Å². The Morgan fingerprint density at radius 1 is 1.00 bits per heavy atom. The third-order valence-electron chi connectivity index (χ3n) is 6.52. The van der Waals surface area contributed by atoms with Crippen molar-refractivity contribution in [3.63, 3.8) is 0 Å². The van der Waals surface area contributed by atoms with Crippen LogP contribution in [-0.2, 0) is 14.8 Å². The average Bonchev–Trinajstić information content (AvgIpc) is 3.41. The van der Waals surface area contributed by atoms with Crippen LogP contribution < -0.4 is 19.1 Å². The maximum absolute atomic E-state index is 13.5. The minimum Gasteiger partial charge on any atom is -0.486 e. The van der Waals surface area contributed by atoms with E-state index in [-0.39, 0.29) is 23.4 Å². The Balaban J connectivity index is 1.43. The molecule has 1 heterocycles. The molecule has 5 rings (SSSR count). The Morgan fingerprint density at radius 2 is 1.77 bits per heavy atom. The van der Waals surface area contributed by atoms with Crippen LogP contribution in [0.1, 0.15) is 25.7 Å². The first-order valence-electron chi connectivity index (χ1n) is 10.8. The maximum Gasteiger partial charge on any atom is 0.264 e. The molecule has 1 N–H and O–H groups in total. The number of sulfonamides is 1. The largest absolute Gasteiger partial charge is 0.486 e. The zero-order valence-electron chi connectivity index (χ0n) is 17.2. The lowest BCUT2D eigenvalue weighted by molar-refractivity contribution is -0.120. The Hall–Kier alpha value is -2.74. The molecule has 2 fully saturated rings. The van der Waals surface area contributed by atoms with Gasteiger partial charge in [-0.3, -0.25) is 9.10 Å². The Kier molecular flexibility index (Phi) is 5.25.